The van der Waals surface area contributed by atoms with Crippen LogP contribution >= 0.6 is 0 Å². The van der Waals surface area contributed by atoms with Gasteiger partial charge in [0.15, 0.2) is 0 Å². The van der Waals surface area contributed by atoms with Crippen molar-refractivity contribution in [1.29, 1.82) is 0 Å². The molecule has 1 aliphatic heterocycles. The number of aromatic amines is 1. The van der Waals surface area contributed by atoms with Gasteiger partial charge >= 0.3 is 0 Å². The number of hydrogen-bond acceptors (Lipinski definition) is 4. The zero-order valence-electron chi connectivity index (χ0n) is 15.2. The number of nitrogens with one attached hydrogen (secondary N) is 1. The van der Waals surface area contributed by atoms with Gasteiger partial charge in [-0.1, -0.05) is 23.8 Å². The van der Waals surface area contributed by atoms with Crippen LogP contribution in [0.1, 0.15) is 35.2 Å². The van der Waals surface area contributed by atoms with Gasteiger partial charge in [0.1, 0.15) is 0 Å². The Morgan fingerprint density at radius 1 is 1.38 bits per heavy atom. The maximum absolute atomic E-state index is 13.1. The third kappa shape index (κ3) is 2.64. The van der Waals surface area contributed by atoms with Gasteiger partial charge in [-0.2, -0.15) is 5.10 Å². The first kappa shape index (κ1) is 17.2. The summed E-state index contributed by atoms with van der Waals surface area (Å²) < 4.78 is 5.53. The molecule has 2 aromatic rings. The summed E-state index contributed by atoms with van der Waals surface area (Å²) in [5.41, 5.74) is 3.29. The first-order chi connectivity index (χ1) is 12.5. The number of likely N-dealkylation sites (tertiary alicyclic amines) is 1. The highest BCUT2D eigenvalue weighted by Gasteiger charge is 2.56. The molecule has 2 heterocycles. The van der Waals surface area contributed by atoms with E-state index in [0.717, 1.165) is 29.7 Å². The maximum Gasteiger partial charge on any atom is 0.257 e. The van der Waals surface area contributed by atoms with Gasteiger partial charge in [0, 0.05) is 37.6 Å². The van der Waals surface area contributed by atoms with Crippen molar-refractivity contribution >= 4 is 5.91 Å². The highest BCUT2D eigenvalue weighted by Crippen LogP contribution is 2.50. The molecule has 6 heteroatoms. The Hall–Kier alpha value is -2.18. The fourth-order valence-electron chi connectivity index (χ4n) is 4.48. The first-order valence-corrected chi connectivity index (χ1v) is 9.16. The topological polar surface area (TPSA) is 78.5 Å². The molecule has 2 fully saturated rings. The summed E-state index contributed by atoms with van der Waals surface area (Å²) in [5.74, 6) is -0.00659. The molecule has 0 radical (unpaired) electrons. The zero-order valence-corrected chi connectivity index (χ0v) is 15.2. The zero-order chi connectivity index (χ0) is 18.3. The van der Waals surface area contributed by atoms with E-state index in [0.29, 0.717) is 25.1 Å². The molecule has 2 N–H and O–H groups in total. The predicted octanol–water partition coefficient (Wildman–Crippen LogP) is 2.39. The number of piperidine rings is 1. The molecule has 1 saturated heterocycles. The van der Waals surface area contributed by atoms with Crippen molar-refractivity contribution in [3.05, 3.63) is 41.6 Å². The Bertz CT molecular complexity index is 808. The molecule has 1 amide bonds. The average Bonchev–Trinajstić information content (AvgIpc) is 3.15. The molecule has 138 valence electrons. The number of benzene rings is 1. The lowest BCUT2D eigenvalue weighted by atomic mass is 9.58. The fraction of sp³-hybridized carbons (Fsp3) is 0.500. The number of carbonyl (C=O) groups excluding carboxylic acids is 1. The summed E-state index contributed by atoms with van der Waals surface area (Å²) in [6, 6.07) is 8.04. The second-order valence-corrected chi connectivity index (χ2v) is 7.53. The van der Waals surface area contributed by atoms with Gasteiger partial charge in [0.05, 0.1) is 29.7 Å². The molecule has 26 heavy (non-hydrogen) atoms. The van der Waals surface area contributed by atoms with Crippen molar-refractivity contribution in [2.24, 2.45) is 5.41 Å². The molecule has 4 rings (SSSR count). The summed E-state index contributed by atoms with van der Waals surface area (Å²) >= 11 is 0. The van der Waals surface area contributed by atoms with E-state index in [1.54, 1.807) is 13.3 Å². The number of methoxy groups -OCH3 is 1. The molecule has 1 aliphatic carbocycles. The molecule has 0 bridgehead atoms. The van der Waals surface area contributed by atoms with Gasteiger partial charge in [-0.3, -0.25) is 9.89 Å². The van der Waals surface area contributed by atoms with Gasteiger partial charge < -0.3 is 14.7 Å². The van der Waals surface area contributed by atoms with Gasteiger partial charge in [-0.15, -0.1) is 0 Å². The number of aromatic nitrogens is 2. The molecule has 6 nitrogen and oxygen atoms in total. The Balaban J connectivity index is 1.51. The van der Waals surface area contributed by atoms with Gasteiger partial charge in [0.25, 0.3) is 5.91 Å². The maximum atomic E-state index is 13.1. The summed E-state index contributed by atoms with van der Waals surface area (Å²) in [6.45, 7) is 3.30. The van der Waals surface area contributed by atoms with Crippen LogP contribution in [0.5, 0.6) is 0 Å². The highest BCUT2D eigenvalue weighted by atomic mass is 16.5. The molecule has 2 atom stereocenters. The largest absolute Gasteiger partial charge is 0.392 e. The molecule has 1 spiro atoms. The van der Waals surface area contributed by atoms with Crippen molar-refractivity contribution in [3.63, 3.8) is 0 Å². The van der Waals surface area contributed by atoms with E-state index in [4.69, 9.17) is 4.74 Å². The summed E-state index contributed by atoms with van der Waals surface area (Å²) in [4.78, 5) is 14.9. The smallest absolute Gasteiger partial charge is 0.257 e. The van der Waals surface area contributed by atoms with Crippen LogP contribution in [-0.2, 0) is 4.74 Å². The second-order valence-electron chi connectivity index (χ2n) is 7.53. The Morgan fingerprint density at radius 3 is 2.81 bits per heavy atom. The van der Waals surface area contributed by atoms with Crippen molar-refractivity contribution in [1.82, 2.24) is 15.1 Å². The number of amides is 1. The van der Waals surface area contributed by atoms with Crippen LogP contribution in [0.2, 0.25) is 0 Å². The van der Waals surface area contributed by atoms with E-state index < -0.39 is 0 Å². The van der Waals surface area contributed by atoms with E-state index >= 15 is 0 Å². The van der Waals surface area contributed by atoms with Gasteiger partial charge in [-0.25, -0.2) is 0 Å². The molecule has 0 unspecified atom stereocenters. The van der Waals surface area contributed by atoms with E-state index in [1.807, 2.05) is 36.1 Å². The van der Waals surface area contributed by atoms with E-state index in [-0.39, 0.29) is 23.5 Å². The third-order valence-corrected chi connectivity index (χ3v) is 6.18. The van der Waals surface area contributed by atoms with Crippen LogP contribution in [-0.4, -0.2) is 58.5 Å². The third-order valence-electron chi connectivity index (χ3n) is 6.18. The summed E-state index contributed by atoms with van der Waals surface area (Å²) in [7, 11) is 1.70. The Kier molecular flexibility index (Phi) is 4.32. The van der Waals surface area contributed by atoms with E-state index in [2.05, 4.69) is 10.2 Å². The lowest BCUT2D eigenvalue weighted by Gasteiger charge is -2.56. The van der Waals surface area contributed by atoms with Crippen molar-refractivity contribution in [2.75, 3.05) is 20.2 Å². The number of aliphatic hydroxyl groups excluding tert-OH is 1. The number of nitrogens with zero attached hydrogens (tertiary/aromatic N) is 2. The van der Waals surface area contributed by atoms with Crippen LogP contribution in [0.3, 0.4) is 0 Å². The molecule has 1 aromatic carbocycles. The van der Waals surface area contributed by atoms with Crippen LogP contribution in [0, 0.1) is 12.3 Å². The minimum Gasteiger partial charge on any atom is -0.392 e. The number of aryl methyl sites for hydroxylation is 1. The van der Waals surface area contributed by atoms with Gasteiger partial charge in [0.2, 0.25) is 0 Å². The van der Waals surface area contributed by atoms with Crippen LogP contribution < -0.4 is 0 Å². The summed E-state index contributed by atoms with van der Waals surface area (Å²) in [5, 5.41) is 17.3. The quantitative estimate of drug-likeness (QED) is 0.886. The number of aliphatic hydroxyl groups is 1. The normalized spacial score (nSPS) is 24.5. The van der Waals surface area contributed by atoms with Crippen LogP contribution in [0.25, 0.3) is 11.3 Å². The standard InChI is InChI=1S/C20H25N3O3/c1-13-4-3-5-14(10-13)18-15(12-21-22-18)19(25)23-8-6-20(7-9-23)16(24)11-17(20)26-2/h3-5,10,12,16-17,24H,6-9,11H2,1-2H3,(H,21,22)/t16-,17+/m1/s1. The SMILES string of the molecule is CO[C@H]1C[C@@H](O)C12CCN(C(=O)c1cn[nH]c1-c1cccc(C)c1)CC2. The number of H-pyrrole nitrogens is 1. The average molecular weight is 355 g/mol. The molecular weight excluding hydrogens is 330 g/mol. The van der Waals surface area contributed by atoms with Crippen LogP contribution in [0.15, 0.2) is 30.5 Å². The van der Waals surface area contributed by atoms with Crippen molar-refractivity contribution < 1.29 is 14.6 Å². The lowest BCUT2D eigenvalue weighted by Crippen LogP contribution is -2.62. The second kappa shape index (κ2) is 6.52. The number of carbonyl (C=O) groups is 1. The van der Waals surface area contributed by atoms with Gasteiger partial charge in [-0.05, 0) is 25.8 Å². The lowest BCUT2D eigenvalue weighted by molar-refractivity contribution is -0.199. The Labute approximate surface area is 153 Å². The molecular formula is C20H25N3O3. The van der Waals surface area contributed by atoms with Crippen molar-refractivity contribution in [2.45, 2.75) is 38.4 Å². The predicted molar refractivity (Wildman–Crippen MR) is 97.8 cm³/mol. The number of ether oxygens (including phenoxy) is 1. The highest BCUT2D eigenvalue weighted by molar-refractivity contribution is 5.99. The number of hydrogen-bond donors (Lipinski definition) is 2. The molecule has 2 aliphatic rings. The minimum absolute atomic E-state index is 0.00659. The van der Waals surface area contributed by atoms with Crippen LogP contribution in [0.4, 0.5) is 0 Å². The Morgan fingerprint density at radius 2 is 2.15 bits per heavy atom. The van der Waals surface area contributed by atoms with E-state index in [1.165, 1.54) is 0 Å². The molecule has 1 saturated carbocycles. The first-order valence-electron chi connectivity index (χ1n) is 9.16. The van der Waals surface area contributed by atoms with Crippen molar-refractivity contribution in [3.8, 4) is 11.3 Å². The fourth-order valence-corrected chi connectivity index (χ4v) is 4.48. The summed E-state index contributed by atoms with van der Waals surface area (Å²) in [6.07, 6.45) is 3.64. The molecule has 1 aromatic heterocycles. The number of rotatable bonds is 3. The van der Waals surface area contributed by atoms with E-state index in [9.17, 15) is 9.90 Å². The minimum atomic E-state index is -0.318. The monoisotopic (exact) mass is 355 g/mol.